The Bertz CT molecular complexity index is 1030. The molecule has 1 amide bonds. The first-order valence-corrected chi connectivity index (χ1v) is 8.53. The van der Waals surface area contributed by atoms with Crippen LogP contribution in [-0.2, 0) is 4.79 Å². The molecule has 0 aliphatic carbocycles. The Labute approximate surface area is 156 Å². The molecule has 6 heteroatoms. The minimum absolute atomic E-state index is 0.0138. The predicted molar refractivity (Wildman–Crippen MR) is 105 cm³/mol. The Hall–Kier alpha value is -3.41. The molecule has 27 heavy (non-hydrogen) atoms. The van der Waals surface area contributed by atoms with Gasteiger partial charge in [0.05, 0.1) is 29.2 Å². The smallest absolute Gasteiger partial charge is 0.274 e. The van der Waals surface area contributed by atoms with Gasteiger partial charge in [-0.05, 0) is 48.4 Å². The van der Waals surface area contributed by atoms with Crippen LogP contribution in [0.1, 0.15) is 24.0 Å². The first-order valence-electron chi connectivity index (χ1n) is 8.53. The van der Waals surface area contributed by atoms with Crippen LogP contribution in [0.5, 0.6) is 5.75 Å². The Kier molecular flexibility index (Phi) is 5.07. The summed E-state index contributed by atoms with van der Waals surface area (Å²) in [6, 6.07) is 16.3. The number of benzene rings is 3. The molecule has 0 fully saturated rings. The number of carbonyl (C=O) groups excluding carboxylic acids is 1. The molecule has 0 saturated carbocycles. The van der Waals surface area contributed by atoms with Gasteiger partial charge >= 0.3 is 0 Å². The first kappa shape index (κ1) is 18.4. The van der Waals surface area contributed by atoms with Crippen LogP contribution in [0.25, 0.3) is 10.8 Å². The van der Waals surface area contributed by atoms with Gasteiger partial charge < -0.3 is 10.1 Å². The van der Waals surface area contributed by atoms with E-state index in [2.05, 4.69) is 5.32 Å². The molecule has 0 unspecified atom stereocenters. The number of nitro benzene ring substituents is 1. The van der Waals surface area contributed by atoms with E-state index in [0.717, 1.165) is 22.1 Å². The van der Waals surface area contributed by atoms with Gasteiger partial charge in [-0.2, -0.15) is 0 Å². The maximum Gasteiger partial charge on any atom is 0.274 e. The number of hydrogen-bond donors (Lipinski definition) is 1. The van der Waals surface area contributed by atoms with Crippen LogP contribution in [0.4, 0.5) is 11.4 Å². The molecular formula is C21H20N2O4. The Balaban J connectivity index is 1.84. The first-order chi connectivity index (χ1) is 12.9. The summed E-state index contributed by atoms with van der Waals surface area (Å²) in [6.45, 7) is 3.44. The van der Waals surface area contributed by atoms with E-state index in [1.54, 1.807) is 26.2 Å². The monoisotopic (exact) mass is 364 g/mol. The molecule has 0 aliphatic rings. The number of nitrogens with one attached hydrogen (secondary N) is 1. The molecule has 0 heterocycles. The third-order valence-corrected chi connectivity index (χ3v) is 4.72. The maximum atomic E-state index is 12.7. The van der Waals surface area contributed by atoms with Gasteiger partial charge in [-0.15, -0.1) is 0 Å². The van der Waals surface area contributed by atoms with Crippen LogP contribution in [-0.4, -0.2) is 17.9 Å². The van der Waals surface area contributed by atoms with Gasteiger partial charge in [0.25, 0.3) is 5.69 Å². The lowest BCUT2D eigenvalue weighted by Gasteiger charge is -2.15. The largest absolute Gasteiger partial charge is 0.497 e. The molecule has 0 spiro atoms. The Morgan fingerprint density at radius 2 is 1.81 bits per heavy atom. The molecular weight excluding hydrogens is 344 g/mol. The zero-order valence-electron chi connectivity index (χ0n) is 15.4. The van der Waals surface area contributed by atoms with Crippen LogP contribution in [0, 0.1) is 17.0 Å². The van der Waals surface area contributed by atoms with E-state index in [-0.39, 0.29) is 11.6 Å². The lowest BCUT2D eigenvalue weighted by Crippen LogP contribution is -2.19. The van der Waals surface area contributed by atoms with Crippen molar-refractivity contribution >= 4 is 28.1 Å². The molecule has 1 N–H and O–H groups in total. The van der Waals surface area contributed by atoms with E-state index in [1.165, 1.54) is 6.07 Å². The number of carbonyl (C=O) groups is 1. The minimum atomic E-state index is -0.452. The highest BCUT2D eigenvalue weighted by atomic mass is 16.6. The Morgan fingerprint density at radius 1 is 1.11 bits per heavy atom. The summed E-state index contributed by atoms with van der Waals surface area (Å²) in [5.74, 6) is 0.156. The van der Waals surface area contributed by atoms with Crippen LogP contribution in [0.2, 0.25) is 0 Å². The van der Waals surface area contributed by atoms with E-state index in [4.69, 9.17) is 4.74 Å². The summed E-state index contributed by atoms with van der Waals surface area (Å²) >= 11 is 0. The SMILES string of the molecule is COc1ccc2cc([C@H](C)C(=O)Nc3cccc([N+](=O)[O-])c3C)ccc2c1. The molecule has 0 aromatic heterocycles. The van der Waals surface area contributed by atoms with E-state index in [9.17, 15) is 14.9 Å². The van der Waals surface area contributed by atoms with Crippen molar-refractivity contribution in [1.82, 2.24) is 0 Å². The van der Waals surface area contributed by atoms with Crippen molar-refractivity contribution in [3.63, 3.8) is 0 Å². The summed E-state index contributed by atoms with van der Waals surface area (Å²) in [4.78, 5) is 23.3. The molecule has 3 rings (SSSR count). The molecule has 138 valence electrons. The zero-order chi connectivity index (χ0) is 19.6. The number of rotatable bonds is 5. The minimum Gasteiger partial charge on any atom is -0.497 e. The molecule has 0 bridgehead atoms. The highest BCUT2D eigenvalue weighted by molar-refractivity contribution is 5.97. The second-order valence-electron chi connectivity index (χ2n) is 6.39. The van der Waals surface area contributed by atoms with Gasteiger partial charge in [-0.3, -0.25) is 14.9 Å². The molecule has 0 aliphatic heterocycles. The highest BCUT2D eigenvalue weighted by Crippen LogP contribution is 2.28. The number of ether oxygens (including phenoxy) is 1. The van der Waals surface area contributed by atoms with Crippen LogP contribution in [0.3, 0.4) is 0 Å². The highest BCUT2D eigenvalue weighted by Gasteiger charge is 2.19. The molecule has 1 atom stereocenters. The van der Waals surface area contributed by atoms with E-state index in [0.29, 0.717) is 11.3 Å². The average Bonchev–Trinajstić information content (AvgIpc) is 2.67. The van der Waals surface area contributed by atoms with Gasteiger partial charge in [0.15, 0.2) is 0 Å². The number of fused-ring (bicyclic) bond motifs is 1. The third-order valence-electron chi connectivity index (χ3n) is 4.72. The van der Waals surface area contributed by atoms with E-state index in [1.807, 2.05) is 43.3 Å². The van der Waals surface area contributed by atoms with Crippen molar-refractivity contribution in [3.8, 4) is 5.75 Å². The van der Waals surface area contributed by atoms with Crippen molar-refractivity contribution in [2.75, 3.05) is 12.4 Å². The summed E-state index contributed by atoms with van der Waals surface area (Å²) < 4.78 is 5.23. The summed E-state index contributed by atoms with van der Waals surface area (Å²) in [6.07, 6.45) is 0. The predicted octanol–water partition coefficient (Wildman–Crippen LogP) is 4.81. The fraction of sp³-hybridized carbons (Fsp3) is 0.190. The number of anilines is 1. The maximum absolute atomic E-state index is 12.7. The van der Waals surface area contributed by atoms with Gasteiger partial charge in [0, 0.05) is 6.07 Å². The quantitative estimate of drug-likeness (QED) is 0.520. The van der Waals surface area contributed by atoms with Crippen molar-refractivity contribution in [1.29, 1.82) is 0 Å². The molecule has 6 nitrogen and oxygen atoms in total. The summed E-state index contributed by atoms with van der Waals surface area (Å²) in [5, 5.41) is 15.9. The van der Waals surface area contributed by atoms with Crippen molar-refractivity contribution in [3.05, 3.63) is 75.8 Å². The number of methoxy groups -OCH3 is 1. The van der Waals surface area contributed by atoms with E-state index < -0.39 is 10.8 Å². The number of hydrogen-bond acceptors (Lipinski definition) is 4. The Morgan fingerprint density at radius 3 is 2.52 bits per heavy atom. The van der Waals surface area contributed by atoms with Crippen LogP contribution >= 0.6 is 0 Å². The zero-order valence-corrected chi connectivity index (χ0v) is 15.4. The lowest BCUT2D eigenvalue weighted by atomic mass is 9.96. The number of amides is 1. The molecule has 0 radical (unpaired) electrons. The fourth-order valence-electron chi connectivity index (χ4n) is 2.99. The van der Waals surface area contributed by atoms with Gasteiger partial charge in [0.1, 0.15) is 5.75 Å². The number of nitro groups is 1. The second-order valence-corrected chi connectivity index (χ2v) is 6.39. The topological polar surface area (TPSA) is 81.5 Å². The normalized spacial score (nSPS) is 11.8. The van der Waals surface area contributed by atoms with Crippen LogP contribution in [0.15, 0.2) is 54.6 Å². The summed E-state index contributed by atoms with van der Waals surface area (Å²) in [5.41, 5.74) is 1.74. The van der Waals surface area contributed by atoms with Crippen LogP contribution < -0.4 is 10.1 Å². The van der Waals surface area contributed by atoms with Gasteiger partial charge in [-0.25, -0.2) is 0 Å². The lowest BCUT2D eigenvalue weighted by molar-refractivity contribution is -0.385. The molecule has 3 aromatic carbocycles. The second kappa shape index (κ2) is 7.45. The standard InChI is InChI=1S/C21H20N2O4/c1-13(15-7-8-17-12-18(27-3)10-9-16(17)11-15)21(24)22-19-5-4-6-20(14(19)2)23(25)26/h4-13H,1-3H3,(H,22,24)/t13-/m0/s1. The molecule has 0 saturated heterocycles. The van der Waals surface area contributed by atoms with Crippen molar-refractivity contribution in [2.45, 2.75) is 19.8 Å². The van der Waals surface area contributed by atoms with Crippen molar-refractivity contribution in [2.24, 2.45) is 0 Å². The third kappa shape index (κ3) is 3.74. The van der Waals surface area contributed by atoms with E-state index >= 15 is 0 Å². The number of nitrogens with zero attached hydrogens (tertiary/aromatic N) is 1. The van der Waals surface area contributed by atoms with Gasteiger partial charge in [-0.1, -0.05) is 30.3 Å². The fourth-order valence-corrected chi connectivity index (χ4v) is 2.99. The van der Waals surface area contributed by atoms with Crippen molar-refractivity contribution < 1.29 is 14.5 Å². The van der Waals surface area contributed by atoms with Gasteiger partial charge in [0.2, 0.25) is 5.91 Å². The average molecular weight is 364 g/mol. The molecule has 3 aromatic rings. The summed E-state index contributed by atoms with van der Waals surface area (Å²) in [7, 11) is 1.62.